The van der Waals surface area contributed by atoms with Crippen molar-refractivity contribution in [2.45, 2.75) is 25.8 Å². The molecule has 0 bridgehead atoms. The van der Waals surface area contributed by atoms with E-state index in [-0.39, 0.29) is 6.04 Å². The lowest BCUT2D eigenvalue weighted by atomic mass is 9.94. The standard InChI is InChI=1S/C20H25ClN2/c1-15(2)16-6-8-17(9-7-16)20(23-12-10-22-11-13-23)18-4-3-5-19(21)14-18/h3-9,14-15,20,22H,10-13H2,1-2H3. The minimum atomic E-state index is 0.275. The Hall–Kier alpha value is -1.35. The lowest BCUT2D eigenvalue weighted by Crippen LogP contribution is -2.45. The van der Waals surface area contributed by atoms with Gasteiger partial charge in [0, 0.05) is 31.2 Å². The Morgan fingerprint density at radius 1 is 0.913 bits per heavy atom. The van der Waals surface area contributed by atoms with Crippen LogP contribution in [0, 0.1) is 0 Å². The fourth-order valence-corrected chi connectivity index (χ4v) is 3.49. The van der Waals surface area contributed by atoms with Gasteiger partial charge >= 0.3 is 0 Å². The zero-order chi connectivity index (χ0) is 16.2. The molecule has 2 aromatic carbocycles. The van der Waals surface area contributed by atoms with Crippen molar-refractivity contribution in [1.29, 1.82) is 0 Å². The second-order valence-electron chi connectivity index (χ2n) is 6.56. The van der Waals surface area contributed by atoms with Crippen molar-refractivity contribution in [2.75, 3.05) is 26.2 Å². The molecule has 0 aromatic heterocycles. The van der Waals surface area contributed by atoms with E-state index in [1.54, 1.807) is 0 Å². The van der Waals surface area contributed by atoms with Crippen LogP contribution < -0.4 is 5.32 Å². The highest BCUT2D eigenvalue weighted by atomic mass is 35.5. The second-order valence-corrected chi connectivity index (χ2v) is 7.00. The van der Waals surface area contributed by atoms with Crippen LogP contribution in [-0.2, 0) is 0 Å². The molecule has 1 aliphatic heterocycles. The first-order valence-corrected chi connectivity index (χ1v) is 8.83. The highest BCUT2D eigenvalue weighted by molar-refractivity contribution is 6.30. The highest BCUT2D eigenvalue weighted by Gasteiger charge is 2.24. The minimum absolute atomic E-state index is 0.275. The van der Waals surface area contributed by atoms with Crippen LogP contribution in [-0.4, -0.2) is 31.1 Å². The molecule has 0 amide bonds. The Bertz CT molecular complexity index is 630. The molecule has 0 saturated carbocycles. The summed E-state index contributed by atoms with van der Waals surface area (Å²) in [5.74, 6) is 0.563. The number of rotatable bonds is 4. The number of halogens is 1. The minimum Gasteiger partial charge on any atom is -0.314 e. The van der Waals surface area contributed by atoms with Crippen LogP contribution >= 0.6 is 11.6 Å². The van der Waals surface area contributed by atoms with Gasteiger partial charge in [-0.3, -0.25) is 4.90 Å². The molecule has 122 valence electrons. The second kappa shape index (κ2) is 7.48. The van der Waals surface area contributed by atoms with E-state index in [1.165, 1.54) is 16.7 Å². The molecule has 2 aromatic rings. The summed E-state index contributed by atoms with van der Waals surface area (Å²) >= 11 is 6.25. The van der Waals surface area contributed by atoms with E-state index in [0.29, 0.717) is 5.92 Å². The van der Waals surface area contributed by atoms with Crippen molar-refractivity contribution in [3.05, 3.63) is 70.2 Å². The van der Waals surface area contributed by atoms with Gasteiger partial charge in [-0.25, -0.2) is 0 Å². The van der Waals surface area contributed by atoms with Gasteiger partial charge in [0.05, 0.1) is 6.04 Å². The molecule has 0 spiro atoms. The first kappa shape index (κ1) is 16.5. The Balaban J connectivity index is 1.97. The van der Waals surface area contributed by atoms with E-state index in [4.69, 9.17) is 11.6 Å². The van der Waals surface area contributed by atoms with Gasteiger partial charge in [0.2, 0.25) is 0 Å². The van der Waals surface area contributed by atoms with Crippen molar-refractivity contribution in [1.82, 2.24) is 10.2 Å². The van der Waals surface area contributed by atoms with E-state index in [0.717, 1.165) is 31.2 Å². The number of hydrogen-bond acceptors (Lipinski definition) is 2. The monoisotopic (exact) mass is 328 g/mol. The molecule has 1 heterocycles. The van der Waals surface area contributed by atoms with Gasteiger partial charge in [-0.1, -0.05) is 61.8 Å². The summed E-state index contributed by atoms with van der Waals surface area (Å²) in [6, 6.07) is 17.7. The van der Waals surface area contributed by atoms with Crippen molar-refractivity contribution >= 4 is 11.6 Å². The number of nitrogens with one attached hydrogen (secondary N) is 1. The zero-order valence-corrected chi connectivity index (χ0v) is 14.7. The molecule has 1 atom stereocenters. The Morgan fingerprint density at radius 3 is 2.17 bits per heavy atom. The SMILES string of the molecule is CC(C)c1ccc(C(c2cccc(Cl)c2)N2CCNCC2)cc1. The van der Waals surface area contributed by atoms with Crippen LogP contribution in [0.15, 0.2) is 48.5 Å². The van der Waals surface area contributed by atoms with Gasteiger partial charge in [-0.15, -0.1) is 0 Å². The summed E-state index contributed by atoms with van der Waals surface area (Å²) < 4.78 is 0. The van der Waals surface area contributed by atoms with Gasteiger partial charge in [-0.2, -0.15) is 0 Å². The molecule has 0 aliphatic carbocycles. The van der Waals surface area contributed by atoms with E-state index < -0.39 is 0 Å². The molecular formula is C20H25ClN2. The summed E-state index contributed by atoms with van der Waals surface area (Å²) in [5, 5.41) is 4.25. The van der Waals surface area contributed by atoms with Gasteiger partial charge in [0.15, 0.2) is 0 Å². The van der Waals surface area contributed by atoms with Crippen LogP contribution in [0.25, 0.3) is 0 Å². The smallest absolute Gasteiger partial charge is 0.0603 e. The Labute approximate surface area is 144 Å². The molecule has 1 saturated heterocycles. The fraction of sp³-hybridized carbons (Fsp3) is 0.400. The third kappa shape index (κ3) is 3.95. The van der Waals surface area contributed by atoms with Gasteiger partial charge in [-0.05, 0) is 34.7 Å². The van der Waals surface area contributed by atoms with E-state index in [9.17, 15) is 0 Å². The molecule has 1 aliphatic rings. The summed E-state index contributed by atoms with van der Waals surface area (Å²) in [6.07, 6.45) is 0. The summed E-state index contributed by atoms with van der Waals surface area (Å²) in [6.45, 7) is 8.67. The van der Waals surface area contributed by atoms with E-state index >= 15 is 0 Å². The first-order valence-electron chi connectivity index (χ1n) is 8.45. The topological polar surface area (TPSA) is 15.3 Å². The van der Waals surface area contributed by atoms with Crippen LogP contribution in [0.3, 0.4) is 0 Å². The predicted octanol–water partition coefficient (Wildman–Crippen LogP) is 4.46. The van der Waals surface area contributed by atoms with Crippen LogP contribution in [0.2, 0.25) is 5.02 Å². The average Bonchev–Trinajstić information content (AvgIpc) is 2.57. The summed E-state index contributed by atoms with van der Waals surface area (Å²) in [4.78, 5) is 2.55. The lowest BCUT2D eigenvalue weighted by molar-refractivity contribution is 0.198. The average molecular weight is 329 g/mol. The molecule has 1 N–H and O–H groups in total. The van der Waals surface area contributed by atoms with Crippen molar-refractivity contribution in [2.24, 2.45) is 0 Å². The Kier molecular flexibility index (Phi) is 5.37. The Morgan fingerprint density at radius 2 is 1.57 bits per heavy atom. The maximum absolute atomic E-state index is 6.25. The molecule has 1 unspecified atom stereocenters. The van der Waals surface area contributed by atoms with Crippen LogP contribution in [0.5, 0.6) is 0 Å². The van der Waals surface area contributed by atoms with Crippen molar-refractivity contribution in [3.63, 3.8) is 0 Å². The molecule has 3 rings (SSSR count). The van der Waals surface area contributed by atoms with Crippen molar-refractivity contribution < 1.29 is 0 Å². The third-order valence-electron chi connectivity index (χ3n) is 4.60. The normalized spacial score (nSPS) is 17.4. The maximum Gasteiger partial charge on any atom is 0.0603 e. The number of piperazine rings is 1. The number of benzene rings is 2. The lowest BCUT2D eigenvalue weighted by Gasteiger charge is -2.35. The van der Waals surface area contributed by atoms with Crippen LogP contribution in [0.1, 0.15) is 42.5 Å². The molecule has 0 radical (unpaired) electrons. The van der Waals surface area contributed by atoms with Gasteiger partial charge in [0.1, 0.15) is 0 Å². The zero-order valence-electron chi connectivity index (χ0n) is 13.9. The number of nitrogens with zero attached hydrogens (tertiary/aromatic N) is 1. The van der Waals surface area contributed by atoms with Gasteiger partial charge < -0.3 is 5.32 Å². The predicted molar refractivity (Wildman–Crippen MR) is 98.3 cm³/mol. The molecule has 1 fully saturated rings. The fourth-order valence-electron chi connectivity index (χ4n) is 3.29. The van der Waals surface area contributed by atoms with Crippen molar-refractivity contribution in [3.8, 4) is 0 Å². The summed E-state index contributed by atoms with van der Waals surface area (Å²) in [7, 11) is 0. The highest BCUT2D eigenvalue weighted by Crippen LogP contribution is 2.31. The molecule has 3 heteroatoms. The van der Waals surface area contributed by atoms with E-state index in [1.807, 2.05) is 6.07 Å². The molecular weight excluding hydrogens is 304 g/mol. The van der Waals surface area contributed by atoms with Gasteiger partial charge in [0.25, 0.3) is 0 Å². The van der Waals surface area contributed by atoms with E-state index in [2.05, 4.69) is 66.5 Å². The molecule has 2 nitrogen and oxygen atoms in total. The van der Waals surface area contributed by atoms with Crippen LogP contribution in [0.4, 0.5) is 0 Å². The third-order valence-corrected chi connectivity index (χ3v) is 4.84. The quantitative estimate of drug-likeness (QED) is 0.891. The number of hydrogen-bond donors (Lipinski definition) is 1. The molecule has 23 heavy (non-hydrogen) atoms. The first-order chi connectivity index (χ1) is 11.1. The maximum atomic E-state index is 6.25. The summed E-state index contributed by atoms with van der Waals surface area (Å²) in [5.41, 5.74) is 4.01. The largest absolute Gasteiger partial charge is 0.314 e.